The average Bonchev–Trinajstić information content (AvgIpc) is 2.77. The van der Waals surface area contributed by atoms with Gasteiger partial charge >= 0.3 is 5.97 Å². The molecule has 2 rings (SSSR count). The minimum absolute atomic E-state index is 0.0501. The van der Waals surface area contributed by atoms with Crippen molar-refractivity contribution >= 4 is 23.4 Å². The van der Waals surface area contributed by atoms with E-state index in [1.165, 1.54) is 17.8 Å². The molecule has 0 spiro atoms. The van der Waals surface area contributed by atoms with Crippen LogP contribution >= 0.6 is 11.8 Å². The van der Waals surface area contributed by atoms with Crippen molar-refractivity contribution in [3.8, 4) is 0 Å². The van der Waals surface area contributed by atoms with Gasteiger partial charge in [-0.2, -0.15) is 0 Å². The Morgan fingerprint density at radius 1 is 1.41 bits per heavy atom. The second-order valence-electron chi connectivity index (χ2n) is 3.29. The summed E-state index contributed by atoms with van der Waals surface area (Å²) in [4.78, 5) is 14.7. The minimum Gasteiger partial charge on any atom is -0.475 e. The van der Waals surface area contributed by atoms with Gasteiger partial charge in [0.2, 0.25) is 5.76 Å². The zero-order valence-corrected chi connectivity index (χ0v) is 9.61. The molecule has 0 aliphatic heterocycles. The highest BCUT2D eigenvalue weighted by molar-refractivity contribution is 7.98. The quantitative estimate of drug-likeness (QED) is 0.809. The Hall–Kier alpha value is -1.95. The lowest BCUT2D eigenvalue weighted by Crippen LogP contribution is -1.91. The minimum atomic E-state index is -1.06. The second-order valence-corrected chi connectivity index (χ2v) is 4.29. The maximum absolute atomic E-state index is 10.6. The summed E-state index contributed by atoms with van der Waals surface area (Å²) in [7, 11) is 0. The Kier molecular flexibility index (Phi) is 3.34. The van der Waals surface area contributed by atoms with Crippen LogP contribution in [0.5, 0.6) is 0 Å². The lowest BCUT2D eigenvalue weighted by atomic mass is 10.4. The Labute approximate surface area is 102 Å². The Morgan fingerprint density at radius 2 is 2.24 bits per heavy atom. The monoisotopic (exact) mass is 250 g/mol. The molecule has 0 aromatic carbocycles. The van der Waals surface area contributed by atoms with Gasteiger partial charge in [-0.05, 0) is 24.3 Å². The second kappa shape index (κ2) is 4.92. The van der Waals surface area contributed by atoms with E-state index in [2.05, 4.69) is 4.98 Å². The van der Waals surface area contributed by atoms with Crippen molar-refractivity contribution in [3.05, 3.63) is 42.0 Å². The molecule has 0 aliphatic rings. The van der Waals surface area contributed by atoms with Crippen molar-refractivity contribution in [3.63, 3.8) is 0 Å². The molecule has 0 amide bonds. The van der Waals surface area contributed by atoms with Gasteiger partial charge in [-0.1, -0.05) is 11.8 Å². The van der Waals surface area contributed by atoms with Gasteiger partial charge in [0.15, 0.2) is 0 Å². The molecule has 3 N–H and O–H groups in total. The largest absolute Gasteiger partial charge is 0.475 e. The number of furan rings is 1. The van der Waals surface area contributed by atoms with E-state index in [1.54, 1.807) is 24.4 Å². The van der Waals surface area contributed by atoms with Crippen LogP contribution < -0.4 is 5.73 Å². The van der Waals surface area contributed by atoms with Gasteiger partial charge in [0, 0.05) is 0 Å². The van der Waals surface area contributed by atoms with Crippen molar-refractivity contribution in [2.45, 2.75) is 10.8 Å². The summed E-state index contributed by atoms with van der Waals surface area (Å²) in [6, 6.07) is 6.66. The molecule has 0 aliphatic carbocycles. The normalized spacial score (nSPS) is 10.4. The zero-order chi connectivity index (χ0) is 12.3. The number of hydrogen-bond acceptors (Lipinski definition) is 5. The topological polar surface area (TPSA) is 89.4 Å². The Balaban J connectivity index is 1.97. The highest BCUT2D eigenvalue weighted by Gasteiger charge is 2.09. The summed E-state index contributed by atoms with van der Waals surface area (Å²) in [5.41, 5.74) is 6.13. The predicted molar refractivity (Wildman–Crippen MR) is 63.9 cm³/mol. The number of aromatic carboxylic acids is 1. The van der Waals surface area contributed by atoms with E-state index in [-0.39, 0.29) is 5.76 Å². The van der Waals surface area contributed by atoms with E-state index in [4.69, 9.17) is 15.3 Å². The van der Waals surface area contributed by atoms with E-state index in [0.717, 1.165) is 5.03 Å². The van der Waals surface area contributed by atoms with Gasteiger partial charge in [-0.3, -0.25) is 0 Å². The van der Waals surface area contributed by atoms with Gasteiger partial charge in [0.1, 0.15) is 5.76 Å². The molecule has 0 saturated heterocycles. The number of pyridine rings is 1. The summed E-state index contributed by atoms with van der Waals surface area (Å²) in [6.45, 7) is 0. The fraction of sp³-hybridized carbons (Fsp3) is 0.0909. The van der Waals surface area contributed by atoms with E-state index in [9.17, 15) is 4.79 Å². The van der Waals surface area contributed by atoms with E-state index < -0.39 is 5.97 Å². The molecular weight excluding hydrogens is 240 g/mol. The molecule has 0 bridgehead atoms. The van der Waals surface area contributed by atoms with Crippen molar-refractivity contribution in [2.24, 2.45) is 0 Å². The van der Waals surface area contributed by atoms with Gasteiger partial charge < -0.3 is 15.3 Å². The Bertz CT molecular complexity index is 522. The number of carboxylic acid groups (broad SMARTS) is 1. The third kappa shape index (κ3) is 3.01. The lowest BCUT2D eigenvalue weighted by Gasteiger charge is -1.98. The van der Waals surface area contributed by atoms with Gasteiger partial charge in [0.05, 0.1) is 22.7 Å². The number of nitrogens with two attached hydrogens (primary N) is 1. The molecule has 2 aromatic rings. The van der Waals surface area contributed by atoms with Crippen LogP contribution in [0.15, 0.2) is 39.9 Å². The number of carboxylic acids is 1. The fourth-order valence-corrected chi connectivity index (χ4v) is 1.93. The molecule has 6 heteroatoms. The summed E-state index contributed by atoms with van der Waals surface area (Å²) < 4.78 is 5.12. The first-order valence-electron chi connectivity index (χ1n) is 4.81. The van der Waals surface area contributed by atoms with Crippen LogP contribution in [-0.2, 0) is 5.75 Å². The third-order valence-corrected chi connectivity index (χ3v) is 2.96. The SMILES string of the molecule is Nc1ccc(SCc2ccc(C(=O)O)o2)nc1. The molecular formula is C11H10N2O3S. The predicted octanol–water partition coefficient (Wildman–Crippen LogP) is 2.25. The first kappa shape index (κ1) is 11.5. The number of rotatable bonds is 4. The molecule has 88 valence electrons. The van der Waals surface area contributed by atoms with Crippen molar-refractivity contribution in [1.29, 1.82) is 0 Å². The molecule has 17 heavy (non-hydrogen) atoms. The van der Waals surface area contributed by atoms with Crippen molar-refractivity contribution < 1.29 is 14.3 Å². The standard InChI is InChI=1S/C11H10N2O3S/c12-7-1-4-10(13-5-7)17-6-8-2-3-9(16-8)11(14)15/h1-5H,6,12H2,(H,14,15). The maximum atomic E-state index is 10.6. The highest BCUT2D eigenvalue weighted by Crippen LogP contribution is 2.22. The lowest BCUT2D eigenvalue weighted by molar-refractivity contribution is 0.0661. The summed E-state index contributed by atoms with van der Waals surface area (Å²) in [6.07, 6.45) is 1.58. The Morgan fingerprint density at radius 3 is 2.82 bits per heavy atom. The zero-order valence-electron chi connectivity index (χ0n) is 8.79. The van der Waals surface area contributed by atoms with Crippen LogP contribution in [0, 0.1) is 0 Å². The number of carbonyl (C=O) groups is 1. The number of thioether (sulfide) groups is 1. The first-order valence-corrected chi connectivity index (χ1v) is 5.80. The van der Waals surface area contributed by atoms with Gasteiger partial charge in [-0.15, -0.1) is 0 Å². The molecule has 0 radical (unpaired) electrons. The van der Waals surface area contributed by atoms with Gasteiger partial charge in [-0.25, -0.2) is 9.78 Å². The number of aromatic nitrogens is 1. The van der Waals surface area contributed by atoms with Crippen LogP contribution in [0.4, 0.5) is 5.69 Å². The van der Waals surface area contributed by atoms with Gasteiger partial charge in [0.25, 0.3) is 0 Å². The number of nitrogen functional groups attached to an aromatic ring is 1. The van der Waals surface area contributed by atoms with E-state index in [1.807, 2.05) is 0 Å². The molecule has 5 nitrogen and oxygen atoms in total. The number of anilines is 1. The molecule has 2 aromatic heterocycles. The van der Waals surface area contributed by atoms with Crippen molar-refractivity contribution in [1.82, 2.24) is 4.98 Å². The van der Waals surface area contributed by atoms with Crippen LogP contribution in [0.2, 0.25) is 0 Å². The van der Waals surface area contributed by atoms with Crippen molar-refractivity contribution in [2.75, 3.05) is 5.73 Å². The number of hydrogen-bond donors (Lipinski definition) is 2. The van der Waals surface area contributed by atoms with Crippen LogP contribution in [0.25, 0.3) is 0 Å². The van der Waals surface area contributed by atoms with Crippen LogP contribution in [-0.4, -0.2) is 16.1 Å². The molecule has 0 fully saturated rings. The maximum Gasteiger partial charge on any atom is 0.371 e. The molecule has 0 saturated carbocycles. The summed E-state index contributed by atoms with van der Waals surface area (Å²) >= 11 is 1.45. The summed E-state index contributed by atoms with van der Waals surface area (Å²) in [5.74, 6) is 0.0215. The van der Waals surface area contributed by atoms with E-state index in [0.29, 0.717) is 17.2 Å². The fourth-order valence-electron chi connectivity index (χ4n) is 1.19. The smallest absolute Gasteiger partial charge is 0.371 e. The van der Waals surface area contributed by atoms with Crippen LogP contribution in [0.3, 0.4) is 0 Å². The third-order valence-electron chi connectivity index (χ3n) is 1.99. The number of nitrogens with zero attached hydrogens (tertiary/aromatic N) is 1. The average molecular weight is 250 g/mol. The van der Waals surface area contributed by atoms with Crippen LogP contribution in [0.1, 0.15) is 16.3 Å². The molecule has 0 atom stereocenters. The first-order chi connectivity index (χ1) is 8.15. The van der Waals surface area contributed by atoms with E-state index >= 15 is 0 Å². The summed E-state index contributed by atoms with van der Waals surface area (Å²) in [5, 5.41) is 9.50. The molecule has 0 unspecified atom stereocenters. The molecule has 2 heterocycles. The highest BCUT2D eigenvalue weighted by atomic mass is 32.2.